The van der Waals surface area contributed by atoms with Gasteiger partial charge in [-0.25, -0.2) is 9.98 Å². The molecule has 1 aromatic heterocycles. The van der Waals surface area contributed by atoms with Gasteiger partial charge in [0, 0.05) is 13.3 Å². The van der Waals surface area contributed by atoms with Crippen molar-refractivity contribution in [3.05, 3.63) is 12.0 Å². The first kappa shape index (κ1) is 10.4. The van der Waals surface area contributed by atoms with E-state index in [-0.39, 0.29) is 12.6 Å². The third-order valence-electron chi connectivity index (χ3n) is 1.65. The Hall–Kier alpha value is -1.69. The van der Waals surface area contributed by atoms with Crippen LogP contribution in [0.15, 0.2) is 11.3 Å². The van der Waals surface area contributed by atoms with Crippen molar-refractivity contribution >= 4 is 17.9 Å². The fourth-order valence-electron chi connectivity index (χ4n) is 1.04. The van der Waals surface area contributed by atoms with Gasteiger partial charge in [-0.2, -0.15) is 0 Å². The first-order chi connectivity index (χ1) is 6.70. The van der Waals surface area contributed by atoms with Gasteiger partial charge in [-0.05, 0) is 6.92 Å². The van der Waals surface area contributed by atoms with Crippen LogP contribution in [0.4, 0.5) is 5.82 Å². The molecular weight excluding hydrogens is 182 g/mol. The van der Waals surface area contributed by atoms with Crippen LogP contribution in [-0.4, -0.2) is 33.4 Å². The summed E-state index contributed by atoms with van der Waals surface area (Å²) in [5.74, 6) is 0.659. The third kappa shape index (κ3) is 1.97. The summed E-state index contributed by atoms with van der Waals surface area (Å²) in [5.41, 5.74) is 0.430. The minimum Gasteiger partial charge on any atom is -0.377 e. The van der Waals surface area contributed by atoms with Crippen LogP contribution in [0.2, 0.25) is 0 Å². The maximum atomic E-state index is 8.60. The molecule has 6 nitrogen and oxygen atoms in total. The quantitative estimate of drug-likeness (QED) is 0.360. The summed E-state index contributed by atoms with van der Waals surface area (Å²) >= 11 is 0. The van der Waals surface area contributed by atoms with Crippen molar-refractivity contribution in [3.8, 4) is 0 Å². The molecule has 0 atom stereocenters. The van der Waals surface area contributed by atoms with E-state index in [0.29, 0.717) is 11.5 Å². The van der Waals surface area contributed by atoms with Crippen molar-refractivity contribution in [1.82, 2.24) is 14.9 Å². The van der Waals surface area contributed by atoms with Gasteiger partial charge < -0.3 is 15.0 Å². The van der Waals surface area contributed by atoms with Gasteiger partial charge in [0.2, 0.25) is 0 Å². The Labute approximate surface area is 81.8 Å². The van der Waals surface area contributed by atoms with Crippen molar-refractivity contribution < 1.29 is 5.11 Å². The molecule has 1 rings (SSSR count). The number of hydrogen-bond acceptors (Lipinski definition) is 4. The first-order valence-corrected chi connectivity index (χ1v) is 4.14. The maximum absolute atomic E-state index is 8.60. The molecule has 0 aliphatic heterocycles. The molecule has 0 aliphatic carbocycles. The number of hydrogen-bond donors (Lipinski definition) is 3. The molecular formula is C8H13N5O. The lowest BCUT2D eigenvalue weighted by atomic mass is 10.4. The van der Waals surface area contributed by atoms with Gasteiger partial charge in [0.1, 0.15) is 18.3 Å². The number of aromatic nitrogens is 2. The van der Waals surface area contributed by atoms with Crippen molar-refractivity contribution in [2.24, 2.45) is 12.0 Å². The zero-order chi connectivity index (χ0) is 10.6. The Kier molecular flexibility index (Phi) is 3.35. The van der Waals surface area contributed by atoms with Gasteiger partial charge in [-0.15, -0.1) is 0 Å². The molecule has 0 unspecified atom stereocenters. The lowest BCUT2D eigenvalue weighted by Crippen LogP contribution is -2.24. The highest BCUT2D eigenvalue weighted by atomic mass is 16.3. The van der Waals surface area contributed by atoms with Gasteiger partial charge in [-0.1, -0.05) is 0 Å². The summed E-state index contributed by atoms with van der Waals surface area (Å²) < 4.78 is 1.71. The Morgan fingerprint density at radius 3 is 3.14 bits per heavy atom. The molecule has 0 fully saturated rings. The van der Waals surface area contributed by atoms with E-state index >= 15 is 0 Å². The summed E-state index contributed by atoms with van der Waals surface area (Å²) in [4.78, 5) is 8.09. The molecule has 0 saturated carbocycles. The van der Waals surface area contributed by atoms with Crippen LogP contribution in [0.5, 0.6) is 0 Å². The second-order valence-electron chi connectivity index (χ2n) is 2.62. The fourth-order valence-corrected chi connectivity index (χ4v) is 1.04. The number of aryl methyl sites for hydroxylation is 1. The van der Waals surface area contributed by atoms with E-state index in [1.807, 2.05) is 0 Å². The highest BCUT2D eigenvalue weighted by Crippen LogP contribution is 2.15. The van der Waals surface area contributed by atoms with Crippen molar-refractivity contribution in [1.29, 1.82) is 5.41 Å². The molecule has 1 aromatic rings. The second-order valence-corrected chi connectivity index (χ2v) is 2.62. The van der Waals surface area contributed by atoms with Gasteiger partial charge in [0.15, 0.2) is 5.82 Å². The average Bonchev–Trinajstić information content (AvgIpc) is 2.50. The Morgan fingerprint density at radius 2 is 2.57 bits per heavy atom. The van der Waals surface area contributed by atoms with Crippen LogP contribution < -0.4 is 5.32 Å². The van der Waals surface area contributed by atoms with Crippen molar-refractivity contribution in [2.75, 3.05) is 6.73 Å². The number of rotatable bonds is 3. The Morgan fingerprint density at radius 1 is 1.86 bits per heavy atom. The largest absolute Gasteiger partial charge is 0.377 e. The van der Waals surface area contributed by atoms with Gasteiger partial charge in [-0.3, -0.25) is 5.41 Å². The van der Waals surface area contributed by atoms with Crippen molar-refractivity contribution in [3.63, 3.8) is 0 Å². The van der Waals surface area contributed by atoms with E-state index in [4.69, 9.17) is 10.5 Å². The summed E-state index contributed by atoms with van der Waals surface area (Å²) in [6.45, 7) is 1.50. The van der Waals surface area contributed by atoms with E-state index < -0.39 is 0 Å². The van der Waals surface area contributed by atoms with Crippen molar-refractivity contribution in [2.45, 2.75) is 6.92 Å². The highest BCUT2D eigenvalue weighted by molar-refractivity contribution is 5.98. The molecule has 0 saturated heterocycles. The lowest BCUT2D eigenvalue weighted by Gasteiger charge is -2.02. The smallest absolute Gasteiger partial charge is 0.163 e. The van der Waals surface area contributed by atoms with Gasteiger partial charge in [0.25, 0.3) is 0 Å². The lowest BCUT2D eigenvalue weighted by molar-refractivity contribution is 0.286. The van der Waals surface area contributed by atoms with E-state index in [2.05, 4.69) is 15.3 Å². The molecule has 14 heavy (non-hydrogen) atoms. The molecule has 0 radical (unpaired) electrons. The van der Waals surface area contributed by atoms with Crippen LogP contribution in [0, 0.1) is 5.41 Å². The van der Waals surface area contributed by atoms with Crippen LogP contribution in [0.3, 0.4) is 0 Å². The molecule has 0 bridgehead atoms. The molecule has 6 heteroatoms. The highest BCUT2D eigenvalue weighted by Gasteiger charge is 2.11. The number of aliphatic imine (C=N–C) groups is 1. The van der Waals surface area contributed by atoms with Crippen LogP contribution in [0.1, 0.15) is 12.6 Å². The number of amidine groups is 1. The monoisotopic (exact) mass is 195 g/mol. The number of aliphatic hydroxyl groups is 1. The predicted octanol–water partition coefficient (Wildman–Crippen LogP) is 0.00707. The van der Waals surface area contributed by atoms with Crippen LogP contribution in [-0.2, 0) is 7.05 Å². The van der Waals surface area contributed by atoms with Crippen LogP contribution >= 0.6 is 0 Å². The maximum Gasteiger partial charge on any atom is 0.163 e. The molecule has 0 amide bonds. The molecule has 1 heterocycles. The number of aliphatic hydroxyl groups excluding tert-OH is 1. The zero-order valence-corrected chi connectivity index (χ0v) is 8.15. The molecule has 0 aromatic carbocycles. The summed E-state index contributed by atoms with van der Waals surface area (Å²) in [5, 5.41) is 18.6. The summed E-state index contributed by atoms with van der Waals surface area (Å²) in [6, 6.07) is 0. The second kappa shape index (κ2) is 4.52. The van der Waals surface area contributed by atoms with Crippen LogP contribution in [0.25, 0.3) is 0 Å². The third-order valence-corrected chi connectivity index (χ3v) is 1.65. The predicted molar refractivity (Wildman–Crippen MR) is 54.1 cm³/mol. The van der Waals surface area contributed by atoms with Gasteiger partial charge in [0.05, 0.1) is 6.33 Å². The molecule has 76 valence electrons. The first-order valence-electron chi connectivity index (χ1n) is 4.14. The van der Waals surface area contributed by atoms with E-state index in [9.17, 15) is 0 Å². The average molecular weight is 195 g/mol. The van der Waals surface area contributed by atoms with Gasteiger partial charge >= 0.3 is 0 Å². The van der Waals surface area contributed by atoms with E-state index in [1.54, 1.807) is 31.1 Å². The SMILES string of the molecule is C/C=N\c1c(C(=N)NCO)ncn1C. The Bertz CT molecular complexity index is 355. The topological polar surface area (TPSA) is 86.3 Å². The normalized spacial score (nSPS) is 10.8. The molecule has 3 N–H and O–H groups in total. The zero-order valence-electron chi connectivity index (χ0n) is 8.15. The summed E-state index contributed by atoms with van der Waals surface area (Å²) in [7, 11) is 1.80. The minimum absolute atomic E-state index is 0.0636. The molecule has 0 spiro atoms. The van der Waals surface area contributed by atoms with E-state index in [0.717, 1.165) is 0 Å². The standard InChI is InChI=1S/C8H13N5O/c1-3-10-8-6(7(9)12-5-14)11-4-13(8)2/h3-4,14H,5H2,1-2H3,(H2,9,12)/b10-3-. The molecule has 0 aliphatic rings. The van der Waals surface area contributed by atoms with E-state index in [1.165, 1.54) is 0 Å². The summed E-state index contributed by atoms with van der Waals surface area (Å²) in [6.07, 6.45) is 3.21. The minimum atomic E-state index is -0.287. The fraction of sp³-hybridized carbons (Fsp3) is 0.375. The number of imidazole rings is 1. The Balaban J connectivity index is 3.02. The number of nitrogens with zero attached hydrogens (tertiary/aromatic N) is 3. The number of nitrogens with one attached hydrogen (secondary N) is 2.